The summed E-state index contributed by atoms with van der Waals surface area (Å²) in [7, 11) is 0. The van der Waals surface area contributed by atoms with Crippen LogP contribution in [0.4, 0.5) is 10.1 Å². The molecule has 0 fully saturated rings. The van der Waals surface area contributed by atoms with Crippen molar-refractivity contribution in [2.24, 2.45) is 4.99 Å². The van der Waals surface area contributed by atoms with Gasteiger partial charge in [0.15, 0.2) is 5.17 Å². The molecule has 0 saturated heterocycles. The molecule has 0 atom stereocenters. The van der Waals surface area contributed by atoms with Crippen LogP contribution in [0.25, 0.3) is 6.08 Å². The summed E-state index contributed by atoms with van der Waals surface area (Å²) >= 11 is 13.4. The van der Waals surface area contributed by atoms with Gasteiger partial charge in [0.25, 0.3) is 5.91 Å². The summed E-state index contributed by atoms with van der Waals surface area (Å²) in [5.74, 6) is 0.388. The Morgan fingerprint density at radius 3 is 2.58 bits per heavy atom. The molecule has 8 heteroatoms. The van der Waals surface area contributed by atoms with Crippen LogP contribution in [0.3, 0.4) is 0 Å². The minimum Gasteiger partial charge on any atom is -0.492 e. The molecule has 4 rings (SSSR count). The fourth-order valence-electron chi connectivity index (χ4n) is 3.20. The number of amidine groups is 1. The van der Waals surface area contributed by atoms with Gasteiger partial charge in [-0.2, -0.15) is 0 Å². The number of hydrogen-bond donors (Lipinski definition) is 0. The van der Waals surface area contributed by atoms with E-state index in [-0.39, 0.29) is 11.4 Å². The summed E-state index contributed by atoms with van der Waals surface area (Å²) in [5.41, 5.74) is 2.03. The Morgan fingerprint density at radius 2 is 1.82 bits per heavy atom. The van der Waals surface area contributed by atoms with Gasteiger partial charge < -0.3 is 4.74 Å². The van der Waals surface area contributed by atoms with Crippen molar-refractivity contribution in [3.8, 4) is 5.75 Å². The number of anilines is 1. The third-order valence-corrected chi connectivity index (χ3v) is 6.48. The topological polar surface area (TPSA) is 41.9 Å². The predicted molar refractivity (Wildman–Crippen MR) is 135 cm³/mol. The van der Waals surface area contributed by atoms with Crippen LogP contribution >= 0.6 is 35.0 Å². The molecule has 1 amide bonds. The van der Waals surface area contributed by atoms with Crippen molar-refractivity contribution in [3.05, 3.63) is 99.4 Å². The first kappa shape index (κ1) is 23.4. The summed E-state index contributed by atoms with van der Waals surface area (Å²) in [4.78, 5) is 19.0. The highest BCUT2D eigenvalue weighted by Gasteiger charge is 2.33. The highest BCUT2D eigenvalue weighted by Crippen LogP contribution is 2.32. The zero-order chi connectivity index (χ0) is 23.4. The fraction of sp³-hybridized carbons (Fsp3) is 0.120. The van der Waals surface area contributed by atoms with Gasteiger partial charge in [-0.3, -0.25) is 9.69 Å². The molecule has 0 bridgehead atoms. The van der Waals surface area contributed by atoms with Crippen molar-refractivity contribution in [2.75, 3.05) is 17.3 Å². The number of rotatable bonds is 6. The van der Waals surface area contributed by atoms with Gasteiger partial charge in [-0.05, 0) is 54.5 Å². The lowest BCUT2D eigenvalue weighted by molar-refractivity contribution is -0.113. The maximum absolute atomic E-state index is 14.6. The van der Waals surface area contributed by atoms with E-state index >= 15 is 0 Å². The summed E-state index contributed by atoms with van der Waals surface area (Å²) in [5, 5.41) is 1.16. The zero-order valence-electron chi connectivity index (χ0n) is 17.6. The van der Waals surface area contributed by atoms with Crippen molar-refractivity contribution in [1.82, 2.24) is 0 Å². The lowest BCUT2D eigenvalue weighted by Crippen LogP contribution is -2.31. The van der Waals surface area contributed by atoms with Crippen molar-refractivity contribution >= 4 is 57.8 Å². The molecule has 3 aromatic carbocycles. The maximum atomic E-state index is 14.6. The van der Waals surface area contributed by atoms with Gasteiger partial charge in [0.2, 0.25) is 0 Å². The number of carbonyl (C=O) groups is 1. The van der Waals surface area contributed by atoms with E-state index in [1.165, 1.54) is 22.7 Å². The minimum atomic E-state index is -0.508. The van der Waals surface area contributed by atoms with Crippen LogP contribution in [0.1, 0.15) is 11.1 Å². The van der Waals surface area contributed by atoms with Crippen LogP contribution in [0, 0.1) is 12.7 Å². The van der Waals surface area contributed by atoms with Gasteiger partial charge in [0.05, 0.1) is 22.3 Å². The second-order valence-electron chi connectivity index (χ2n) is 7.15. The van der Waals surface area contributed by atoms with Gasteiger partial charge in [0.1, 0.15) is 17.3 Å². The Hall–Kier alpha value is -2.80. The summed E-state index contributed by atoms with van der Waals surface area (Å²) in [6.07, 6.45) is 1.61. The number of carbonyl (C=O) groups excluding carboxylic acids is 1. The van der Waals surface area contributed by atoms with Crippen LogP contribution in [0.15, 0.2) is 77.4 Å². The molecular weight excluding hydrogens is 482 g/mol. The quantitative estimate of drug-likeness (QED) is 0.270. The van der Waals surface area contributed by atoms with Gasteiger partial charge in [-0.15, -0.1) is 0 Å². The Labute approximate surface area is 205 Å². The number of benzene rings is 3. The van der Waals surface area contributed by atoms with E-state index in [0.717, 1.165) is 11.3 Å². The van der Waals surface area contributed by atoms with E-state index in [1.807, 2.05) is 31.2 Å². The van der Waals surface area contributed by atoms with Crippen molar-refractivity contribution in [3.63, 3.8) is 0 Å². The van der Waals surface area contributed by atoms with Crippen LogP contribution in [-0.4, -0.2) is 23.4 Å². The van der Waals surface area contributed by atoms with E-state index in [9.17, 15) is 9.18 Å². The predicted octanol–water partition coefficient (Wildman–Crippen LogP) is 7.00. The molecule has 0 spiro atoms. The number of ether oxygens (including phenoxy) is 1. The highest BCUT2D eigenvalue weighted by atomic mass is 35.5. The number of hydrogen-bond acceptors (Lipinski definition) is 4. The monoisotopic (exact) mass is 500 g/mol. The molecule has 0 aliphatic carbocycles. The molecule has 1 aliphatic heterocycles. The second-order valence-corrected chi connectivity index (χ2v) is 9.03. The van der Waals surface area contributed by atoms with E-state index in [4.69, 9.17) is 27.9 Å². The molecule has 0 N–H and O–H groups in total. The first-order chi connectivity index (χ1) is 15.9. The van der Waals surface area contributed by atoms with Crippen molar-refractivity contribution in [1.29, 1.82) is 0 Å². The number of thioether (sulfide) groups is 1. The third kappa shape index (κ3) is 5.41. The number of halogens is 3. The fourth-order valence-corrected chi connectivity index (χ4v) is 4.33. The third-order valence-electron chi connectivity index (χ3n) is 4.84. The molecule has 4 nitrogen and oxygen atoms in total. The Morgan fingerprint density at radius 1 is 1.06 bits per heavy atom. The first-order valence-corrected chi connectivity index (χ1v) is 11.8. The van der Waals surface area contributed by atoms with Crippen LogP contribution in [-0.2, 0) is 4.79 Å². The van der Waals surface area contributed by atoms with Gasteiger partial charge >= 0.3 is 0 Å². The van der Waals surface area contributed by atoms with E-state index in [1.54, 1.807) is 42.5 Å². The largest absolute Gasteiger partial charge is 0.492 e. The van der Waals surface area contributed by atoms with Crippen molar-refractivity contribution < 1.29 is 13.9 Å². The van der Waals surface area contributed by atoms with Gasteiger partial charge in [-0.1, -0.05) is 71.4 Å². The number of amides is 1. The standard InChI is InChI=1S/C25H19Cl2FN2O2S/c1-16-6-2-5-9-23(16)32-12-13-33-25-29-21(15-17-10-11-18(26)19(27)14-17)24(31)30(25)22-8-4-3-7-20(22)28/h2-11,14-15H,12-13H2,1H3. The Kier molecular flexibility index (Phi) is 7.38. The molecule has 1 aliphatic rings. The van der Waals surface area contributed by atoms with E-state index in [0.29, 0.717) is 33.1 Å². The molecule has 33 heavy (non-hydrogen) atoms. The molecule has 0 aromatic heterocycles. The van der Waals surface area contributed by atoms with Crippen LogP contribution in [0.5, 0.6) is 5.75 Å². The SMILES string of the molecule is Cc1ccccc1OCCSC1=NC(=Cc2ccc(Cl)c(Cl)c2)C(=O)N1c1ccccc1F. The highest BCUT2D eigenvalue weighted by molar-refractivity contribution is 8.14. The zero-order valence-corrected chi connectivity index (χ0v) is 19.9. The molecule has 0 unspecified atom stereocenters. The summed E-state index contributed by atoms with van der Waals surface area (Å²) in [6, 6.07) is 18.9. The smallest absolute Gasteiger partial charge is 0.283 e. The lowest BCUT2D eigenvalue weighted by atomic mass is 10.2. The molecule has 0 radical (unpaired) electrons. The van der Waals surface area contributed by atoms with Gasteiger partial charge in [0, 0.05) is 5.75 Å². The number of para-hydroxylation sites is 2. The average molecular weight is 501 g/mol. The molecule has 3 aromatic rings. The Balaban J connectivity index is 1.57. The average Bonchev–Trinajstić information content (AvgIpc) is 3.10. The number of aliphatic imine (C=N–C) groups is 1. The second kappa shape index (κ2) is 10.4. The molecule has 1 heterocycles. The van der Waals surface area contributed by atoms with Gasteiger partial charge in [-0.25, -0.2) is 9.38 Å². The Bertz CT molecular complexity index is 1260. The number of nitrogens with zero attached hydrogens (tertiary/aromatic N) is 2. The van der Waals surface area contributed by atoms with Crippen LogP contribution < -0.4 is 9.64 Å². The molecule has 0 saturated carbocycles. The van der Waals surface area contributed by atoms with E-state index < -0.39 is 11.7 Å². The van der Waals surface area contributed by atoms with Crippen molar-refractivity contribution in [2.45, 2.75) is 6.92 Å². The molecular formula is C25H19Cl2FN2O2S. The number of aryl methyl sites for hydroxylation is 1. The summed E-state index contributed by atoms with van der Waals surface area (Å²) < 4.78 is 20.4. The summed E-state index contributed by atoms with van der Waals surface area (Å²) in [6.45, 7) is 2.38. The normalized spacial score (nSPS) is 14.7. The lowest BCUT2D eigenvalue weighted by Gasteiger charge is -2.18. The minimum absolute atomic E-state index is 0.145. The molecule has 168 valence electrons. The van der Waals surface area contributed by atoms with Crippen LogP contribution in [0.2, 0.25) is 10.0 Å². The maximum Gasteiger partial charge on any atom is 0.283 e. The van der Waals surface area contributed by atoms with E-state index in [2.05, 4.69) is 4.99 Å². The first-order valence-electron chi connectivity index (χ1n) is 10.1.